The fourth-order valence-corrected chi connectivity index (χ4v) is 6.74. The SMILES string of the molecule is Nc1ncccc1-c1nc2ccc(-c3ccccc3)nc2n1-c1ccc(CN2CCN(c3ccc(C=O)c(O)c3)C3(CC3)C2)cc1. The fourth-order valence-electron chi connectivity index (χ4n) is 6.74. The van der Waals surface area contributed by atoms with Crippen LogP contribution in [-0.2, 0) is 6.54 Å². The molecule has 2 fully saturated rings. The predicted molar refractivity (Wildman–Crippen MR) is 180 cm³/mol. The Bertz CT molecular complexity index is 2070. The van der Waals surface area contributed by atoms with Crippen LogP contribution in [0.4, 0.5) is 11.5 Å². The lowest BCUT2D eigenvalue weighted by Crippen LogP contribution is -2.54. The normalized spacial score (nSPS) is 15.8. The van der Waals surface area contributed by atoms with Gasteiger partial charge in [0.2, 0.25) is 0 Å². The summed E-state index contributed by atoms with van der Waals surface area (Å²) in [5.41, 5.74) is 14.1. The largest absolute Gasteiger partial charge is 0.507 e. The van der Waals surface area contributed by atoms with Crippen molar-refractivity contribution in [3.8, 4) is 34.1 Å². The zero-order valence-electron chi connectivity index (χ0n) is 25.3. The lowest BCUT2D eigenvalue weighted by molar-refractivity contribution is 0.112. The minimum absolute atomic E-state index is 0.0392. The Hall–Kier alpha value is -5.54. The molecular formula is C37H33N7O2. The summed E-state index contributed by atoms with van der Waals surface area (Å²) >= 11 is 0. The van der Waals surface area contributed by atoms with E-state index in [-0.39, 0.29) is 11.3 Å². The van der Waals surface area contributed by atoms with Gasteiger partial charge in [-0.25, -0.2) is 15.0 Å². The molecule has 8 rings (SSSR count). The summed E-state index contributed by atoms with van der Waals surface area (Å²) < 4.78 is 2.07. The molecule has 2 aliphatic rings. The molecule has 0 unspecified atom stereocenters. The molecule has 0 atom stereocenters. The number of nitrogens with two attached hydrogens (primary N) is 1. The number of phenols is 1. The maximum Gasteiger partial charge on any atom is 0.165 e. The van der Waals surface area contributed by atoms with Crippen LogP contribution < -0.4 is 10.6 Å². The van der Waals surface area contributed by atoms with Crippen molar-refractivity contribution in [3.05, 3.63) is 114 Å². The van der Waals surface area contributed by atoms with Crippen molar-refractivity contribution in [2.45, 2.75) is 24.9 Å². The quantitative estimate of drug-likeness (QED) is 0.209. The van der Waals surface area contributed by atoms with Crippen molar-refractivity contribution in [2.24, 2.45) is 0 Å². The smallest absolute Gasteiger partial charge is 0.165 e. The summed E-state index contributed by atoms with van der Waals surface area (Å²) in [6.07, 6.45) is 4.61. The Morgan fingerprint density at radius 2 is 1.67 bits per heavy atom. The number of nitrogen functional groups attached to an aromatic ring is 1. The number of hydrogen-bond acceptors (Lipinski definition) is 8. The molecule has 9 nitrogen and oxygen atoms in total. The Morgan fingerprint density at radius 1 is 0.870 bits per heavy atom. The van der Waals surface area contributed by atoms with Gasteiger partial charge in [-0.2, -0.15) is 0 Å². The van der Waals surface area contributed by atoms with Crippen molar-refractivity contribution in [3.63, 3.8) is 0 Å². The third-order valence-corrected chi connectivity index (χ3v) is 9.26. The Balaban J connectivity index is 1.08. The van der Waals surface area contributed by atoms with E-state index in [0.29, 0.717) is 23.5 Å². The van der Waals surface area contributed by atoms with Crippen molar-refractivity contribution >= 4 is 29.0 Å². The number of pyridine rings is 2. The van der Waals surface area contributed by atoms with Gasteiger partial charge in [0, 0.05) is 55.4 Å². The summed E-state index contributed by atoms with van der Waals surface area (Å²) in [5.74, 6) is 1.16. The molecule has 0 bridgehead atoms. The number of phenolic OH excluding ortho intramolecular Hbond substituents is 1. The Kier molecular flexibility index (Phi) is 6.76. The molecule has 4 heterocycles. The maximum atomic E-state index is 11.2. The van der Waals surface area contributed by atoms with Crippen LogP contribution in [0, 0.1) is 0 Å². The molecule has 1 saturated carbocycles. The summed E-state index contributed by atoms with van der Waals surface area (Å²) in [6.45, 7) is 3.56. The average molecular weight is 608 g/mol. The molecule has 6 aromatic rings. The first-order chi connectivity index (χ1) is 22.5. The zero-order chi connectivity index (χ0) is 31.3. The van der Waals surface area contributed by atoms with Gasteiger partial charge in [-0.3, -0.25) is 14.3 Å². The van der Waals surface area contributed by atoms with E-state index >= 15 is 0 Å². The van der Waals surface area contributed by atoms with Gasteiger partial charge in [-0.15, -0.1) is 0 Å². The van der Waals surface area contributed by atoms with Gasteiger partial charge in [0.05, 0.1) is 22.4 Å². The van der Waals surface area contributed by atoms with Crippen LogP contribution in [0.5, 0.6) is 5.75 Å². The van der Waals surface area contributed by atoms with Crippen LogP contribution in [0.25, 0.3) is 39.5 Å². The third-order valence-electron chi connectivity index (χ3n) is 9.26. The predicted octanol–water partition coefficient (Wildman–Crippen LogP) is 6.10. The number of imidazole rings is 1. The zero-order valence-corrected chi connectivity index (χ0v) is 25.3. The van der Waals surface area contributed by atoms with E-state index in [4.69, 9.17) is 15.7 Å². The number of aromatic hydroxyl groups is 1. The highest BCUT2D eigenvalue weighted by Gasteiger charge is 2.51. The fraction of sp³-hybridized carbons (Fsp3) is 0.189. The van der Waals surface area contributed by atoms with E-state index in [9.17, 15) is 9.90 Å². The molecule has 9 heteroatoms. The number of nitrogens with zero attached hydrogens (tertiary/aromatic N) is 6. The van der Waals surface area contributed by atoms with Crippen molar-refractivity contribution in [1.82, 2.24) is 24.4 Å². The van der Waals surface area contributed by atoms with Crippen molar-refractivity contribution < 1.29 is 9.90 Å². The number of carbonyl (C=O) groups excluding carboxylic acids is 1. The second-order valence-corrected chi connectivity index (χ2v) is 12.2. The van der Waals surface area contributed by atoms with E-state index in [1.54, 1.807) is 18.3 Å². The third kappa shape index (κ3) is 4.95. The van der Waals surface area contributed by atoms with Crippen LogP contribution in [0.3, 0.4) is 0 Å². The molecule has 3 aromatic carbocycles. The first-order valence-corrected chi connectivity index (χ1v) is 15.5. The van der Waals surface area contributed by atoms with E-state index < -0.39 is 0 Å². The van der Waals surface area contributed by atoms with Crippen LogP contribution in [-0.4, -0.2) is 61.0 Å². The number of rotatable bonds is 7. The van der Waals surface area contributed by atoms with Gasteiger partial charge < -0.3 is 15.7 Å². The molecule has 46 heavy (non-hydrogen) atoms. The lowest BCUT2D eigenvalue weighted by atomic mass is 10.1. The molecule has 3 aromatic heterocycles. The van der Waals surface area contributed by atoms with Crippen LogP contribution in [0.2, 0.25) is 0 Å². The van der Waals surface area contributed by atoms with Gasteiger partial charge in [-0.1, -0.05) is 42.5 Å². The van der Waals surface area contributed by atoms with Crippen molar-refractivity contribution in [2.75, 3.05) is 30.3 Å². The second kappa shape index (κ2) is 11.1. The Morgan fingerprint density at radius 3 is 2.41 bits per heavy atom. The molecule has 3 N–H and O–H groups in total. The van der Waals surface area contributed by atoms with E-state index in [0.717, 1.165) is 78.4 Å². The summed E-state index contributed by atoms with van der Waals surface area (Å²) in [4.78, 5) is 30.5. The van der Waals surface area contributed by atoms with Gasteiger partial charge in [0.25, 0.3) is 0 Å². The number of aldehydes is 1. The first kappa shape index (κ1) is 28.0. The molecule has 1 aliphatic heterocycles. The molecule has 1 saturated heterocycles. The number of fused-ring (bicyclic) bond motifs is 1. The number of hydrogen-bond donors (Lipinski definition) is 2. The lowest BCUT2D eigenvalue weighted by Gasteiger charge is -2.43. The number of anilines is 2. The highest BCUT2D eigenvalue weighted by molar-refractivity contribution is 5.84. The molecule has 0 radical (unpaired) electrons. The van der Waals surface area contributed by atoms with E-state index in [1.165, 1.54) is 5.56 Å². The van der Waals surface area contributed by atoms with Crippen LogP contribution in [0.1, 0.15) is 28.8 Å². The minimum Gasteiger partial charge on any atom is -0.507 e. The van der Waals surface area contributed by atoms with Gasteiger partial charge >= 0.3 is 0 Å². The molecule has 0 amide bonds. The standard InChI is InChI=1S/C37H33N7O2/c38-34-30(7-4-18-39-34)35-41-32-15-14-31(26-5-2-1-3-6-26)40-36(32)44(35)28-11-8-25(9-12-28)22-42-19-20-43(37(24-42)16-17-37)29-13-10-27(23-45)33(46)21-29/h1-15,18,21,23,46H,16-17,19-20,22,24H2,(H2,38,39). The minimum atomic E-state index is 0.0392. The second-order valence-electron chi connectivity index (χ2n) is 12.2. The molecular weight excluding hydrogens is 574 g/mol. The molecule has 1 spiro atoms. The topological polar surface area (TPSA) is 113 Å². The van der Waals surface area contributed by atoms with Crippen LogP contribution >= 0.6 is 0 Å². The number of aromatic nitrogens is 4. The number of piperazine rings is 1. The summed E-state index contributed by atoms with van der Waals surface area (Å²) in [5, 5.41) is 10.3. The molecule has 1 aliphatic carbocycles. The Labute approximate surface area is 266 Å². The summed E-state index contributed by atoms with van der Waals surface area (Å²) in [7, 11) is 0. The first-order valence-electron chi connectivity index (χ1n) is 15.5. The number of carbonyl (C=O) groups is 1. The molecule has 228 valence electrons. The van der Waals surface area contributed by atoms with E-state index in [2.05, 4.69) is 55.7 Å². The van der Waals surface area contributed by atoms with Crippen molar-refractivity contribution in [1.29, 1.82) is 0 Å². The average Bonchev–Trinajstić information content (AvgIpc) is 3.74. The van der Waals surface area contributed by atoms with E-state index in [1.807, 2.05) is 48.5 Å². The van der Waals surface area contributed by atoms with Gasteiger partial charge in [0.15, 0.2) is 17.8 Å². The van der Waals surface area contributed by atoms with Gasteiger partial charge in [-0.05, 0) is 66.9 Å². The maximum absolute atomic E-state index is 11.2. The highest BCUT2D eigenvalue weighted by atomic mass is 16.3. The highest BCUT2D eigenvalue weighted by Crippen LogP contribution is 2.47. The monoisotopic (exact) mass is 607 g/mol. The summed E-state index contributed by atoms with van der Waals surface area (Å²) in [6, 6.07) is 32.0. The number of benzene rings is 3. The van der Waals surface area contributed by atoms with Gasteiger partial charge in [0.1, 0.15) is 17.1 Å². The van der Waals surface area contributed by atoms with Crippen LogP contribution in [0.15, 0.2) is 103 Å².